The fraction of sp³-hybridized carbons (Fsp3) is 0.370. The van der Waals surface area contributed by atoms with Crippen LogP contribution in [0.25, 0.3) is 0 Å². The van der Waals surface area contributed by atoms with Gasteiger partial charge in [0.15, 0.2) is 12.4 Å². The Morgan fingerprint density at radius 1 is 0.462 bits per heavy atom. The van der Waals surface area contributed by atoms with Crippen LogP contribution in [0.15, 0.2) is 97.3 Å². The predicted octanol–water partition coefficient (Wildman–Crippen LogP) is 7.08. The lowest BCUT2D eigenvalue weighted by atomic mass is 9.88. The summed E-state index contributed by atoms with van der Waals surface area (Å²) < 4.78 is 2.65. The highest BCUT2D eigenvalue weighted by Gasteiger charge is 2.39. The molecule has 6 aliphatic heterocycles. The standard InChI is InChI=1S/C46H49N6/c1-3-9-33(10-4-1)29-50-23-21-49-22-24-51(30-34-11-5-2-6-12-34)42-32-52(31-41(50)46(42)49)45(39-25-35-13-7-17-47-19-15-37(27-39)43(35)47)40-26-36-14-8-18-48-20-16-38(28-40)44(36)48/h1-6,9-12,25-28,31-32,45H,7-8,13-24,29-30H2/q+1. The maximum Gasteiger partial charge on any atom is 0.209 e. The van der Waals surface area contributed by atoms with Crippen molar-refractivity contribution in [3.8, 4) is 0 Å². The molecule has 6 nitrogen and oxygen atoms in total. The number of nitrogens with zero attached hydrogens (tertiary/aromatic N) is 6. The van der Waals surface area contributed by atoms with E-state index in [-0.39, 0.29) is 6.04 Å². The van der Waals surface area contributed by atoms with Gasteiger partial charge in [-0.2, -0.15) is 4.57 Å². The molecule has 0 aliphatic carbocycles. The SMILES string of the molecule is c1ccc(CN2CCN3CCN(Cc4ccccc4)c4c[n+](C(c5cc6c7c(c5)CCN7CCC6)c5cc6c7c(c5)CCN7CCC6)cc2c43)cc1. The van der Waals surface area contributed by atoms with Crippen LogP contribution in [-0.4, -0.2) is 52.4 Å². The number of hydrogen-bond acceptors (Lipinski definition) is 5. The highest BCUT2D eigenvalue weighted by atomic mass is 15.3. The number of hydrogen-bond donors (Lipinski definition) is 0. The highest BCUT2D eigenvalue weighted by molar-refractivity contribution is 5.86. The normalized spacial score (nSPS) is 18.2. The third-order valence-electron chi connectivity index (χ3n) is 12.9. The molecule has 11 rings (SSSR count). The molecular weight excluding hydrogens is 637 g/mol. The highest BCUT2D eigenvalue weighted by Crippen LogP contribution is 2.46. The largest absolute Gasteiger partial charge is 0.371 e. The fourth-order valence-corrected chi connectivity index (χ4v) is 10.6. The lowest BCUT2D eigenvalue weighted by Crippen LogP contribution is -2.51. The van der Waals surface area contributed by atoms with Crippen LogP contribution in [0, 0.1) is 0 Å². The van der Waals surface area contributed by atoms with Gasteiger partial charge in [0.25, 0.3) is 0 Å². The Morgan fingerprint density at radius 3 is 1.38 bits per heavy atom. The molecule has 6 heteroatoms. The van der Waals surface area contributed by atoms with E-state index in [9.17, 15) is 0 Å². The summed E-state index contributed by atoms with van der Waals surface area (Å²) in [4.78, 5) is 13.3. The number of rotatable bonds is 7. The number of aromatic nitrogens is 1. The van der Waals surface area contributed by atoms with Crippen molar-refractivity contribution in [2.45, 2.75) is 57.7 Å². The molecule has 1 aromatic heterocycles. The Hall–Kier alpha value is -4.97. The Bertz CT molecular complexity index is 2010. The van der Waals surface area contributed by atoms with Gasteiger partial charge in [-0.1, -0.05) is 60.7 Å². The first-order chi connectivity index (χ1) is 25.7. The van der Waals surface area contributed by atoms with Crippen molar-refractivity contribution < 1.29 is 4.57 Å². The number of benzene rings is 4. The van der Waals surface area contributed by atoms with E-state index in [0.29, 0.717) is 0 Å². The minimum Gasteiger partial charge on any atom is -0.371 e. The van der Waals surface area contributed by atoms with Gasteiger partial charge in [-0.05, 0) is 96.2 Å². The summed E-state index contributed by atoms with van der Waals surface area (Å²) in [6.45, 7) is 10.8. The maximum absolute atomic E-state index is 2.68. The van der Waals surface area contributed by atoms with Crippen molar-refractivity contribution >= 4 is 28.4 Å². The molecule has 0 radical (unpaired) electrons. The van der Waals surface area contributed by atoms with Gasteiger partial charge in [-0.25, -0.2) is 0 Å². The Labute approximate surface area is 308 Å². The topological polar surface area (TPSA) is 20.1 Å². The minimum atomic E-state index is 0.103. The van der Waals surface area contributed by atoms with Gasteiger partial charge in [0.1, 0.15) is 11.4 Å². The molecule has 7 heterocycles. The van der Waals surface area contributed by atoms with E-state index in [0.717, 1.165) is 52.1 Å². The van der Waals surface area contributed by atoms with Gasteiger partial charge >= 0.3 is 0 Å². The third-order valence-corrected chi connectivity index (χ3v) is 12.9. The molecule has 0 amide bonds. The monoisotopic (exact) mass is 685 g/mol. The van der Waals surface area contributed by atoms with E-state index in [1.165, 1.54) is 91.2 Å². The molecule has 0 spiro atoms. The molecule has 0 fully saturated rings. The predicted molar refractivity (Wildman–Crippen MR) is 212 cm³/mol. The average Bonchev–Trinajstić information content (AvgIpc) is 3.80. The molecule has 5 aromatic rings. The van der Waals surface area contributed by atoms with Crippen molar-refractivity contribution in [1.82, 2.24) is 0 Å². The molecule has 0 atom stereocenters. The lowest BCUT2D eigenvalue weighted by Gasteiger charge is -2.44. The average molecular weight is 686 g/mol. The first-order valence-electron chi connectivity index (χ1n) is 20.0. The van der Waals surface area contributed by atoms with E-state index in [1.54, 1.807) is 33.6 Å². The van der Waals surface area contributed by atoms with E-state index < -0.39 is 0 Å². The molecular formula is C46H49N6+. The quantitative estimate of drug-likeness (QED) is 0.170. The maximum atomic E-state index is 2.68. The lowest BCUT2D eigenvalue weighted by molar-refractivity contribution is -0.703. The molecule has 262 valence electrons. The molecule has 0 N–H and O–H groups in total. The summed E-state index contributed by atoms with van der Waals surface area (Å²) in [7, 11) is 0. The van der Waals surface area contributed by atoms with E-state index in [4.69, 9.17) is 0 Å². The Balaban J connectivity index is 1.12. The molecule has 0 bridgehead atoms. The third kappa shape index (κ3) is 5.08. The zero-order valence-corrected chi connectivity index (χ0v) is 30.3. The van der Waals surface area contributed by atoms with Crippen molar-refractivity contribution in [1.29, 1.82) is 0 Å². The van der Waals surface area contributed by atoms with Gasteiger partial charge in [0.2, 0.25) is 6.04 Å². The molecule has 0 unspecified atom stereocenters. The van der Waals surface area contributed by atoms with Crippen LogP contribution >= 0.6 is 0 Å². The molecule has 0 saturated carbocycles. The van der Waals surface area contributed by atoms with E-state index >= 15 is 0 Å². The first kappa shape index (κ1) is 30.6. The van der Waals surface area contributed by atoms with Gasteiger partial charge in [-0.3, -0.25) is 0 Å². The summed E-state index contributed by atoms with van der Waals surface area (Å²) in [5.41, 5.74) is 19.2. The van der Waals surface area contributed by atoms with Crippen LogP contribution in [0.1, 0.15) is 63.4 Å². The van der Waals surface area contributed by atoms with Crippen LogP contribution in [0.5, 0.6) is 0 Å². The Morgan fingerprint density at radius 2 is 0.904 bits per heavy atom. The zero-order chi connectivity index (χ0) is 34.2. The first-order valence-corrected chi connectivity index (χ1v) is 20.0. The molecule has 52 heavy (non-hydrogen) atoms. The second kappa shape index (κ2) is 12.3. The van der Waals surface area contributed by atoms with Crippen LogP contribution in [0.2, 0.25) is 0 Å². The summed E-state index contributed by atoms with van der Waals surface area (Å²) in [5.74, 6) is 0. The zero-order valence-electron chi connectivity index (χ0n) is 30.3. The van der Waals surface area contributed by atoms with Gasteiger partial charge < -0.3 is 24.5 Å². The minimum absolute atomic E-state index is 0.103. The van der Waals surface area contributed by atoms with Gasteiger partial charge in [0.05, 0.1) is 5.69 Å². The van der Waals surface area contributed by atoms with Gasteiger partial charge in [-0.15, -0.1) is 0 Å². The fourth-order valence-electron chi connectivity index (χ4n) is 10.6. The summed E-state index contributed by atoms with van der Waals surface area (Å²) >= 11 is 0. The van der Waals surface area contributed by atoms with Crippen LogP contribution in [0.4, 0.5) is 28.4 Å². The van der Waals surface area contributed by atoms with E-state index in [2.05, 4.69) is 126 Å². The van der Waals surface area contributed by atoms with Crippen molar-refractivity contribution in [3.63, 3.8) is 0 Å². The number of pyridine rings is 1. The Kier molecular flexibility index (Phi) is 7.26. The van der Waals surface area contributed by atoms with Crippen molar-refractivity contribution in [3.05, 3.63) is 142 Å². The molecule has 0 saturated heterocycles. The van der Waals surface area contributed by atoms with Crippen LogP contribution in [0.3, 0.4) is 0 Å². The smallest absolute Gasteiger partial charge is 0.209 e. The van der Waals surface area contributed by atoms with Gasteiger partial charge in [0, 0.05) is 87.9 Å². The van der Waals surface area contributed by atoms with Crippen LogP contribution in [-0.2, 0) is 38.8 Å². The van der Waals surface area contributed by atoms with Crippen molar-refractivity contribution in [2.75, 3.05) is 76.9 Å². The number of aryl methyl sites for hydroxylation is 2. The second-order valence-corrected chi connectivity index (χ2v) is 16.1. The summed E-state index contributed by atoms with van der Waals surface area (Å²) in [6.07, 6.45) is 12.3. The van der Waals surface area contributed by atoms with Crippen LogP contribution < -0.4 is 29.1 Å². The summed E-state index contributed by atoms with van der Waals surface area (Å²) in [5, 5.41) is 0. The molecule has 6 aliphatic rings. The number of anilines is 5. The summed E-state index contributed by atoms with van der Waals surface area (Å²) in [6, 6.07) is 32.7. The second-order valence-electron chi connectivity index (χ2n) is 16.1. The van der Waals surface area contributed by atoms with Crippen molar-refractivity contribution in [2.24, 2.45) is 0 Å². The molecule has 4 aromatic carbocycles. The van der Waals surface area contributed by atoms with E-state index in [1.807, 2.05) is 0 Å².